The van der Waals surface area contributed by atoms with Gasteiger partial charge in [0.05, 0.1) is 11.8 Å². The van der Waals surface area contributed by atoms with Crippen molar-refractivity contribution in [1.82, 2.24) is 25.7 Å². The molecule has 3 aromatic rings. The fraction of sp³-hybridized carbons (Fsp3) is 0.318. The molecule has 1 atom stereocenters. The van der Waals surface area contributed by atoms with Crippen molar-refractivity contribution < 1.29 is 14.3 Å². The van der Waals surface area contributed by atoms with E-state index in [0.29, 0.717) is 5.69 Å². The van der Waals surface area contributed by atoms with Crippen LogP contribution in [-0.2, 0) is 16.0 Å². The number of H-pyrrole nitrogens is 3. The molecular weight excluding hydrogens is 428 g/mol. The van der Waals surface area contributed by atoms with Gasteiger partial charge in [0, 0.05) is 29.2 Å². The van der Waals surface area contributed by atoms with E-state index < -0.39 is 34.9 Å². The highest BCUT2D eigenvalue weighted by molar-refractivity contribution is 5.89. The zero-order valence-corrected chi connectivity index (χ0v) is 18.7. The summed E-state index contributed by atoms with van der Waals surface area (Å²) in [4.78, 5) is 56.1. The maximum Gasteiger partial charge on any atom is 0.408 e. The number of para-hydroxylation sites is 1. The largest absolute Gasteiger partial charge is 0.444 e. The van der Waals surface area contributed by atoms with Gasteiger partial charge >= 0.3 is 11.8 Å². The minimum Gasteiger partial charge on any atom is -0.444 e. The number of ether oxygens (including phenoxy) is 1. The topological polar surface area (TPSA) is 161 Å². The molecule has 0 spiro atoms. The molecule has 0 aliphatic carbocycles. The SMILES string of the molecule is Cc1[nH]c(=O)[nH]c(=O)c1/C=N\NC(=O)[C@H](Cc1c[nH]c2ccccc12)NC(=O)OC(C)(C)C. The summed E-state index contributed by atoms with van der Waals surface area (Å²) in [6.07, 6.45) is 2.31. The number of hydrogen-bond acceptors (Lipinski definition) is 6. The van der Waals surface area contributed by atoms with Gasteiger partial charge in [-0.05, 0) is 39.3 Å². The lowest BCUT2D eigenvalue weighted by molar-refractivity contribution is -0.123. The summed E-state index contributed by atoms with van der Waals surface area (Å²) in [5.41, 5.74) is 2.41. The Kier molecular flexibility index (Phi) is 6.80. The Morgan fingerprint density at radius 1 is 1.18 bits per heavy atom. The predicted octanol–water partition coefficient (Wildman–Crippen LogP) is 1.44. The minimum absolute atomic E-state index is 0.0863. The van der Waals surface area contributed by atoms with Crippen LogP contribution in [0.2, 0.25) is 0 Å². The summed E-state index contributed by atoms with van der Waals surface area (Å²) in [6.45, 7) is 6.69. The van der Waals surface area contributed by atoms with Crippen LogP contribution in [0.4, 0.5) is 4.79 Å². The van der Waals surface area contributed by atoms with E-state index in [1.54, 1.807) is 27.0 Å². The van der Waals surface area contributed by atoms with Crippen LogP contribution in [0.15, 0.2) is 45.2 Å². The Morgan fingerprint density at radius 3 is 2.61 bits per heavy atom. The number of hydrazone groups is 1. The summed E-state index contributed by atoms with van der Waals surface area (Å²) in [6, 6.07) is 6.58. The van der Waals surface area contributed by atoms with Crippen molar-refractivity contribution in [2.24, 2.45) is 5.10 Å². The average Bonchev–Trinajstić information content (AvgIpc) is 3.11. The summed E-state index contributed by atoms with van der Waals surface area (Å²) < 4.78 is 5.29. The van der Waals surface area contributed by atoms with E-state index in [1.165, 1.54) is 6.92 Å². The van der Waals surface area contributed by atoms with Crippen LogP contribution in [0.5, 0.6) is 0 Å². The summed E-state index contributed by atoms with van der Waals surface area (Å²) in [7, 11) is 0. The quantitative estimate of drug-likeness (QED) is 0.281. The van der Waals surface area contributed by atoms with E-state index in [2.05, 4.69) is 30.8 Å². The van der Waals surface area contributed by atoms with Gasteiger partial charge in [0.2, 0.25) is 0 Å². The van der Waals surface area contributed by atoms with Gasteiger partial charge < -0.3 is 20.0 Å². The van der Waals surface area contributed by atoms with Gasteiger partial charge in [0.15, 0.2) is 0 Å². The van der Waals surface area contributed by atoms with Gasteiger partial charge in [0.25, 0.3) is 11.5 Å². The van der Waals surface area contributed by atoms with Crippen molar-refractivity contribution in [1.29, 1.82) is 0 Å². The molecule has 2 amide bonds. The first kappa shape index (κ1) is 23.5. The monoisotopic (exact) mass is 454 g/mol. The highest BCUT2D eigenvalue weighted by Crippen LogP contribution is 2.19. The molecule has 0 unspecified atom stereocenters. The molecule has 33 heavy (non-hydrogen) atoms. The summed E-state index contributed by atoms with van der Waals surface area (Å²) in [5, 5.41) is 7.32. The first-order valence-corrected chi connectivity index (χ1v) is 10.2. The predicted molar refractivity (Wildman–Crippen MR) is 123 cm³/mol. The van der Waals surface area contributed by atoms with Crippen molar-refractivity contribution in [2.75, 3.05) is 0 Å². The van der Waals surface area contributed by atoms with Gasteiger partial charge in [0.1, 0.15) is 11.6 Å². The second kappa shape index (κ2) is 9.55. The van der Waals surface area contributed by atoms with Crippen molar-refractivity contribution in [3.63, 3.8) is 0 Å². The van der Waals surface area contributed by atoms with Gasteiger partial charge in [-0.25, -0.2) is 15.0 Å². The van der Waals surface area contributed by atoms with Crippen LogP contribution in [0.25, 0.3) is 10.9 Å². The molecular formula is C22H26N6O5. The number of alkyl carbamates (subject to hydrolysis) is 1. The number of carbonyl (C=O) groups excluding carboxylic acids is 2. The van der Waals surface area contributed by atoms with Gasteiger partial charge in [-0.3, -0.25) is 14.6 Å². The average molecular weight is 454 g/mol. The molecule has 0 radical (unpaired) electrons. The fourth-order valence-electron chi connectivity index (χ4n) is 3.18. The van der Waals surface area contributed by atoms with Crippen molar-refractivity contribution in [3.05, 3.63) is 68.1 Å². The van der Waals surface area contributed by atoms with Gasteiger partial charge in [-0.1, -0.05) is 18.2 Å². The van der Waals surface area contributed by atoms with E-state index in [0.717, 1.165) is 22.7 Å². The third-order valence-electron chi connectivity index (χ3n) is 4.65. The highest BCUT2D eigenvalue weighted by atomic mass is 16.6. The normalized spacial score (nSPS) is 12.6. The third-order valence-corrected chi connectivity index (χ3v) is 4.65. The first-order chi connectivity index (χ1) is 15.5. The van der Waals surface area contributed by atoms with Crippen molar-refractivity contribution in [3.8, 4) is 0 Å². The Hall–Kier alpha value is -4.15. The molecule has 0 saturated carbocycles. The van der Waals surface area contributed by atoms with E-state index in [9.17, 15) is 19.2 Å². The van der Waals surface area contributed by atoms with E-state index >= 15 is 0 Å². The lowest BCUT2D eigenvalue weighted by Crippen LogP contribution is -2.48. The van der Waals surface area contributed by atoms with Gasteiger partial charge in [-0.15, -0.1) is 0 Å². The van der Waals surface area contributed by atoms with Gasteiger partial charge in [-0.2, -0.15) is 5.10 Å². The Labute approximate surface area is 188 Å². The number of aromatic amines is 3. The molecule has 11 nitrogen and oxygen atoms in total. The smallest absolute Gasteiger partial charge is 0.408 e. The van der Waals surface area contributed by atoms with E-state index in [4.69, 9.17) is 4.74 Å². The maximum absolute atomic E-state index is 12.9. The first-order valence-electron chi connectivity index (χ1n) is 10.2. The molecule has 1 aromatic carbocycles. The number of rotatable bonds is 6. The Bertz CT molecular complexity index is 1310. The number of carbonyl (C=O) groups is 2. The third kappa shape index (κ3) is 6.19. The number of amides is 2. The zero-order chi connectivity index (χ0) is 24.2. The number of aromatic nitrogens is 3. The fourth-order valence-corrected chi connectivity index (χ4v) is 3.18. The van der Waals surface area contributed by atoms with E-state index in [-0.39, 0.29) is 12.0 Å². The number of fused-ring (bicyclic) bond motifs is 1. The summed E-state index contributed by atoms with van der Waals surface area (Å²) in [5.74, 6) is -0.610. The number of nitrogens with zero attached hydrogens (tertiary/aromatic N) is 1. The standard InChI is InChI=1S/C22H26N6O5/c1-12-15(18(29)27-20(31)25-12)11-24-28-19(30)17(26-21(32)33-22(2,3)4)9-13-10-23-16-8-6-5-7-14(13)16/h5-8,10-11,17,23H,9H2,1-4H3,(H,26,32)(H,28,30)(H2,25,27,29,31)/b24-11-/t17-/m0/s1. The second-order valence-corrected chi connectivity index (χ2v) is 8.44. The van der Waals surface area contributed by atoms with Crippen LogP contribution in [0, 0.1) is 6.92 Å². The number of benzene rings is 1. The maximum atomic E-state index is 12.9. The second-order valence-electron chi connectivity index (χ2n) is 8.44. The van der Waals surface area contributed by atoms with Crippen molar-refractivity contribution in [2.45, 2.75) is 45.8 Å². The molecule has 2 aromatic heterocycles. The lowest BCUT2D eigenvalue weighted by atomic mass is 10.0. The number of nitrogens with one attached hydrogen (secondary N) is 5. The lowest BCUT2D eigenvalue weighted by Gasteiger charge is -2.22. The molecule has 174 valence electrons. The molecule has 2 heterocycles. The zero-order valence-electron chi connectivity index (χ0n) is 18.7. The molecule has 5 N–H and O–H groups in total. The molecule has 0 aliphatic heterocycles. The van der Waals surface area contributed by atoms with Crippen LogP contribution in [0.3, 0.4) is 0 Å². The molecule has 11 heteroatoms. The minimum atomic E-state index is -1.01. The molecule has 0 saturated heterocycles. The molecule has 0 bridgehead atoms. The molecule has 0 aliphatic rings. The Balaban J connectivity index is 1.80. The van der Waals surface area contributed by atoms with Crippen molar-refractivity contribution >= 4 is 29.1 Å². The highest BCUT2D eigenvalue weighted by Gasteiger charge is 2.25. The molecule has 3 rings (SSSR count). The van der Waals surface area contributed by atoms with Crippen LogP contribution < -0.4 is 22.0 Å². The van der Waals surface area contributed by atoms with Crippen LogP contribution >= 0.6 is 0 Å². The van der Waals surface area contributed by atoms with E-state index in [1.807, 2.05) is 24.3 Å². The number of aryl methyl sites for hydroxylation is 1. The Morgan fingerprint density at radius 2 is 1.91 bits per heavy atom. The summed E-state index contributed by atoms with van der Waals surface area (Å²) >= 11 is 0. The van der Waals surface area contributed by atoms with Crippen LogP contribution in [0.1, 0.15) is 37.6 Å². The number of hydrogen-bond donors (Lipinski definition) is 5. The molecule has 0 fully saturated rings. The van der Waals surface area contributed by atoms with Crippen LogP contribution in [-0.4, -0.2) is 44.8 Å².